The first-order chi connectivity index (χ1) is 8.72. The minimum Gasteiger partial charge on any atom is -0.356 e. The van der Waals surface area contributed by atoms with Gasteiger partial charge in [0.2, 0.25) is 0 Å². The van der Waals surface area contributed by atoms with Crippen molar-refractivity contribution in [1.29, 1.82) is 0 Å². The molecule has 0 saturated heterocycles. The standard InChI is InChI=1S/C12H15N3O3/c13-14-18-11(16)6-8-15-7-5-9-3-1-2-4-10(9)12(15)17/h1-4,14H,5-8,13H2. The molecule has 0 aliphatic carbocycles. The Morgan fingerprint density at radius 2 is 2.22 bits per heavy atom. The minimum absolute atomic E-state index is 0.0367. The highest BCUT2D eigenvalue weighted by Gasteiger charge is 2.24. The van der Waals surface area contributed by atoms with E-state index in [1.54, 1.807) is 4.90 Å². The van der Waals surface area contributed by atoms with Gasteiger partial charge in [0.05, 0.1) is 6.42 Å². The average Bonchev–Trinajstić information content (AvgIpc) is 2.39. The zero-order valence-corrected chi connectivity index (χ0v) is 9.89. The van der Waals surface area contributed by atoms with E-state index in [1.807, 2.05) is 29.9 Å². The molecule has 0 bridgehead atoms. The molecule has 3 N–H and O–H groups in total. The Labute approximate surface area is 105 Å². The normalized spacial score (nSPS) is 14.3. The number of carbonyl (C=O) groups is 2. The fourth-order valence-electron chi connectivity index (χ4n) is 2.03. The maximum absolute atomic E-state index is 12.1. The Hall–Kier alpha value is -1.92. The van der Waals surface area contributed by atoms with E-state index in [-0.39, 0.29) is 12.3 Å². The van der Waals surface area contributed by atoms with Crippen LogP contribution in [0.25, 0.3) is 0 Å². The quantitative estimate of drug-likeness (QED) is 0.579. The van der Waals surface area contributed by atoms with Gasteiger partial charge in [0, 0.05) is 18.7 Å². The summed E-state index contributed by atoms with van der Waals surface area (Å²) >= 11 is 0. The van der Waals surface area contributed by atoms with Crippen LogP contribution in [0.1, 0.15) is 22.3 Å². The lowest BCUT2D eigenvalue weighted by molar-refractivity contribution is -0.151. The van der Waals surface area contributed by atoms with Crippen LogP contribution in [-0.2, 0) is 16.1 Å². The molecule has 0 fully saturated rings. The van der Waals surface area contributed by atoms with E-state index < -0.39 is 5.97 Å². The predicted octanol–water partition coefficient (Wildman–Crippen LogP) is -0.00350. The Bertz CT molecular complexity index is 462. The minimum atomic E-state index is -0.482. The lowest BCUT2D eigenvalue weighted by Gasteiger charge is -2.28. The Balaban J connectivity index is 1.97. The summed E-state index contributed by atoms with van der Waals surface area (Å²) in [5.41, 5.74) is 3.61. The van der Waals surface area contributed by atoms with E-state index in [9.17, 15) is 9.59 Å². The van der Waals surface area contributed by atoms with Gasteiger partial charge in [-0.25, -0.2) is 5.84 Å². The van der Waals surface area contributed by atoms with Gasteiger partial charge in [0.25, 0.3) is 5.91 Å². The van der Waals surface area contributed by atoms with Crippen molar-refractivity contribution < 1.29 is 14.4 Å². The summed E-state index contributed by atoms with van der Waals surface area (Å²) in [5, 5.41) is 0. The molecule has 0 spiro atoms. The molecule has 6 nitrogen and oxygen atoms in total. The summed E-state index contributed by atoms with van der Waals surface area (Å²) in [6, 6.07) is 7.53. The Morgan fingerprint density at radius 3 is 3.00 bits per heavy atom. The topological polar surface area (TPSA) is 84.7 Å². The number of carbonyl (C=O) groups excluding carboxylic acids is 2. The van der Waals surface area contributed by atoms with Crippen LogP contribution in [0, 0.1) is 0 Å². The third kappa shape index (κ3) is 2.66. The molecule has 6 heteroatoms. The van der Waals surface area contributed by atoms with Crippen LogP contribution >= 0.6 is 0 Å². The van der Waals surface area contributed by atoms with E-state index in [4.69, 9.17) is 5.84 Å². The number of nitrogens with one attached hydrogen (secondary N) is 1. The predicted molar refractivity (Wildman–Crippen MR) is 64.1 cm³/mol. The first-order valence-electron chi connectivity index (χ1n) is 5.75. The summed E-state index contributed by atoms with van der Waals surface area (Å²) < 4.78 is 0. The van der Waals surface area contributed by atoms with Crippen molar-refractivity contribution in [1.82, 2.24) is 10.5 Å². The Morgan fingerprint density at radius 1 is 1.44 bits per heavy atom. The van der Waals surface area contributed by atoms with Crippen molar-refractivity contribution in [3.05, 3.63) is 35.4 Å². The van der Waals surface area contributed by atoms with Gasteiger partial charge < -0.3 is 9.74 Å². The van der Waals surface area contributed by atoms with E-state index in [0.29, 0.717) is 18.7 Å². The molecule has 96 valence electrons. The molecule has 0 atom stereocenters. The number of hydrogen-bond acceptors (Lipinski definition) is 5. The molecule has 1 aromatic carbocycles. The van der Waals surface area contributed by atoms with Crippen LogP contribution in [0.4, 0.5) is 0 Å². The molecule has 1 amide bonds. The van der Waals surface area contributed by atoms with Gasteiger partial charge in [-0.15, -0.1) is 0 Å². The SMILES string of the molecule is NNOC(=O)CCN1CCc2ccccc2C1=O. The van der Waals surface area contributed by atoms with Gasteiger partial charge in [0.1, 0.15) is 0 Å². The first-order valence-corrected chi connectivity index (χ1v) is 5.75. The van der Waals surface area contributed by atoms with Crippen molar-refractivity contribution in [2.24, 2.45) is 5.84 Å². The van der Waals surface area contributed by atoms with Crippen LogP contribution in [0.15, 0.2) is 24.3 Å². The lowest BCUT2D eigenvalue weighted by atomic mass is 9.99. The zero-order valence-electron chi connectivity index (χ0n) is 9.89. The van der Waals surface area contributed by atoms with Crippen molar-refractivity contribution in [2.45, 2.75) is 12.8 Å². The maximum Gasteiger partial charge on any atom is 0.328 e. The summed E-state index contributed by atoms with van der Waals surface area (Å²) in [6.07, 6.45) is 0.935. The lowest BCUT2D eigenvalue weighted by Crippen LogP contribution is -2.39. The number of nitrogens with two attached hydrogens (primary N) is 1. The molecule has 0 radical (unpaired) electrons. The number of rotatable bonds is 4. The van der Waals surface area contributed by atoms with Crippen molar-refractivity contribution in [3.8, 4) is 0 Å². The fraction of sp³-hybridized carbons (Fsp3) is 0.333. The first kappa shape index (κ1) is 12.5. The monoisotopic (exact) mass is 249 g/mol. The van der Waals surface area contributed by atoms with E-state index in [1.165, 1.54) is 0 Å². The smallest absolute Gasteiger partial charge is 0.328 e. The second-order valence-electron chi connectivity index (χ2n) is 4.04. The number of amides is 1. The average molecular weight is 249 g/mol. The molecule has 18 heavy (non-hydrogen) atoms. The van der Waals surface area contributed by atoms with Gasteiger partial charge in [0.15, 0.2) is 0 Å². The summed E-state index contributed by atoms with van der Waals surface area (Å²) in [4.78, 5) is 29.3. The van der Waals surface area contributed by atoms with Gasteiger partial charge in [-0.05, 0) is 18.1 Å². The summed E-state index contributed by atoms with van der Waals surface area (Å²) in [5.74, 6) is 4.34. The van der Waals surface area contributed by atoms with Gasteiger partial charge >= 0.3 is 5.97 Å². The molecule has 1 heterocycles. The molecular formula is C12H15N3O3. The van der Waals surface area contributed by atoms with Crippen LogP contribution in [-0.4, -0.2) is 29.9 Å². The van der Waals surface area contributed by atoms with Gasteiger partial charge in [-0.2, -0.15) is 0 Å². The number of hydrazine groups is 1. The van der Waals surface area contributed by atoms with Gasteiger partial charge in [-0.1, -0.05) is 23.8 Å². The second-order valence-corrected chi connectivity index (χ2v) is 4.04. The van der Waals surface area contributed by atoms with E-state index >= 15 is 0 Å². The maximum atomic E-state index is 12.1. The second kappa shape index (κ2) is 5.61. The van der Waals surface area contributed by atoms with Crippen molar-refractivity contribution in [3.63, 3.8) is 0 Å². The number of nitrogens with zero attached hydrogens (tertiary/aromatic N) is 1. The molecule has 1 aliphatic heterocycles. The molecule has 0 saturated carbocycles. The Kier molecular flexibility index (Phi) is 3.91. The third-order valence-corrected chi connectivity index (χ3v) is 2.94. The highest BCUT2D eigenvalue weighted by atomic mass is 16.7. The number of fused-ring (bicyclic) bond motifs is 1. The van der Waals surface area contributed by atoms with E-state index in [2.05, 4.69) is 4.84 Å². The summed E-state index contributed by atoms with van der Waals surface area (Å²) in [6.45, 7) is 0.965. The zero-order chi connectivity index (χ0) is 13.0. The van der Waals surface area contributed by atoms with E-state index in [0.717, 1.165) is 12.0 Å². The van der Waals surface area contributed by atoms with Crippen LogP contribution in [0.3, 0.4) is 0 Å². The van der Waals surface area contributed by atoms with Crippen LogP contribution < -0.4 is 11.4 Å². The molecule has 0 unspecified atom stereocenters. The summed E-state index contributed by atoms with van der Waals surface area (Å²) in [7, 11) is 0. The van der Waals surface area contributed by atoms with Crippen LogP contribution in [0.5, 0.6) is 0 Å². The molecule has 0 aromatic heterocycles. The number of hydrogen-bond donors (Lipinski definition) is 2. The molecular weight excluding hydrogens is 234 g/mol. The third-order valence-electron chi connectivity index (χ3n) is 2.94. The highest BCUT2D eigenvalue weighted by molar-refractivity contribution is 5.96. The number of benzene rings is 1. The molecule has 1 aliphatic rings. The van der Waals surface area contributed by atoms with Crippen molar-refractivity contribution in [2.75, 3.05) is 13.1 Å². The molecule has 1 aromatic rings. The fourth-order valence-corrected chi connectivity index (χ4v) is 2.03. The van der Waals surface area contributed by atoms with Gasteiger partial charge in [-0.3, -0.25) is 9.59 Å². The largest absolute Gasteiger partial charge is 0.356 e. The van der Waals surface area contributed by atoms with Crippen molar-refractivity contribution >= 4 is 11.9 Å². The molecule has 2 rings (SSSR count). The van der Waals surface area contributed by atoms with Crippen LogP contribution in [0.2, 0.25) is 0 Å². The highest BCUT2D eigenvalue weighted by Crippen LogP contribution is 2.18.